The maximum absolute atomic E-state index is 12.2. The largest absolute Gasteiger partial charge is 0.493 e. The molecule has 0 unspecified atom stereocenters. The molecule has 2 rings (SSSR count). The van der Waals surface area contributed by atoms with E-state index in [2.05, 4.69) is 5.32 Å². The highest BCUT2D eigenvalue weighted by molar-refractivity contribution is 7.99. The van der Waals surface area contributed by atoms with Crippen molar-refractivity contribution >= 4 is 40.9 Å². The Labute approximate surface area is 168 Å². The van der Waals surface area contributed by atoms with E-state index in [1.165, 1.54) is 11.8 Å². The maximum Gasteiger partial charge on any atom is 0.230 e. The number of benzene rings is 2. The van der Waals surface area contributed by atoms with Crippen LogP contribution in [0.25, 0.3) is 0 Å². The Morgan fingerprint density at radius 2 is 1.81 bits per heavy atom. The first-order chi connectivity index (χ1) is 12.4. The second-order valence-corrected chi connectivity index (χ2v) is 7.44. The van der Waals surface area contributed by atoms with Gasteiger partial charge in [0.05, 0.1) is 36.1 Å². The van der Waals surface area contributed by atoms with E-state index in [4.69, 9.17) is 32.7 Å². The van der Waals surface area contributed by atoms with E-state index in [0.717, 1.165) is 11.1 Å². The first-order valence-corrected chi connectivity index (χ1v) is 9.88. The van der Waals surface area contributed by atoms with E-state index in [9.17, 15) is 4.79 Å². The molecule has 0 aliphatic heterocycles. The van der Waals surface area contributed by atoms with Crippen LogP contribution in [-0.2, 0) is 10.5 Å². The van der Waals surface area contributed by atoms with Crippen LogP contribution in [-0.4, -0.2) is 25.9 Å². The fourth-order valence-corrected chi connectivity index (χ4v) is 3.49. The minimum absolute atomic E-state index is 0.0302. The van der Waals surface area contributed by atoms with Crippen LogP contribution in [0.4, 0.5) is 0 Å². The molecule has 0 saturated heterocycles. The molecule has 0 spiro atoms. The van der Waals surface area contributed by atoms with Crippen LogP contribution in [0.1, 0.15) is 24.1 Å². The van der Waals surface area contributed by atoms with E-state index in [-0.39, 0.29) is 11.9 Å². The number of hydrogen-bond acceptors (Lipinski definition) is 4. The number of ether oxygens (including phenoxy) is 2. The predicted molar refractivity (Wildman–Crippen MR) is 109 cm³/mol. The molecular formula is C19H21Cl2NO3S. The molecule has 2 aromatic rings. The molecule has 7 heteroatoms. The van der Waals surface area contributed by atoms with E-state index < -0.39 is 0 Å². The van der Waals surface area contributed by atoms with Gasteiger partial charge in [-0.15, -0.1) is 11.8 Å². The summed E-state index contributed by atoms with van der Waals surface area (Å²) in [4.78, 5) is 12.2. The standard InChI is InChI=1S/C19H21Cl2NO3S/c1-12(14-5-7-17(24-2)18(9-14)25-3)22-19(23)11-26-10-13-4-6-15(20)16(21)8-13/h4-9,12H,10-11H2,1-3H3,(H,22,23)/t12-/m0/s1. The van der Waals surface area contributed by atoms with Crippen molar-refractivity contribution in [2.45, 2.75) is 18.7 Å². The molecule has 0 aromatic heterocycles. The number of hydrogen-bond donors (Lipinski definition) is 1. The zero-order valence-corrected chi connectivity index (χ0v) is 17.2. The Bertz CT molecular complexity index is 770. The minimum atomic E-state index is -0.132. The van der Waals surface area contributed by atoms with Crippen molar-refractivity contribution < 1.29 is 14.3 Å². The lowest BCUT2D eigenvalue weighted by Gasteiger charge is -2.16. The predicted octanol–water partition coefficient (Wildman–Crippen LogP) is 5.12. The molecule has 1 N–H and O–H groups in total. The molecule has 1 amide bonds. The molecule has 1 atom stereocenters. The number of carbonyl (C=O) groups excluding carboxylic acids is 1. The summed E-state index contributed by atoms with van der Waals surface area (Å²) in [6, 6.07) is 11.0. The molecule has 0 saturated carbocycles. The van der Waals surface area contributed by atoms with Crippen molar-refractivity contribution in [2.75, 3.05) is 20.0 Å². The number of thioether (sulfide) groups is 1. The van der Waals surface area contributed by atoms with Crippen LogP contribution in [0.15, 0.2) is 36.4 Å². The quantitative estimate of drug-likeness (QED) is 0.651. The summed E-state index contributed by atoms with van der Waals surface area (Å²) >= 11 is 13.4. The van der Waals surface area contributed by atoms with Gasteiger partial charge in [-0.25, -0.2) is 0 Å². The average Bonchev–Trinajstić information content (AvgIpc) is 2.63. The number of rotatable bonds is 8. The Balaban J connectivity index is 1.86. The highest BCUT2D eigenvalue weighted by Gasteiger charge is 2.13. The lowest BCUT2D eigenvalue weighted by molar-refractivity contribution is -0.119. The first kappa shape index (κ1) is 20.7. The molecular weight excluding hydrogens is 393 g/mol. The summed E-state index contributed by atoms with van der Waals surface area (Å²) in [6.07, 6.45) is 0. The number of carbonyl (C=O) groups is 1. The van der Waals surface area contributed by atoms with Crippen molar-refractivity contribution in [3.63, 3.8) is 0 Å². The van der Waals surface area contributed by atoms with Gasteiger partial charge in [0.15, 0.2) is 11.5 Å². The SMILES string of the molecule is COc1ccc([C@H](C)NC(=O)CSCc2ccc(Cl)c(Cl)c2)cc1OC. The zero-order valence-electron chi connectivity index (χ0n) is 14.8. The smallest absolute Gasteiger partial charge is 0.230 e. The van der Waals surface area contributed by atoms with Crippen LogP contribution in [0.5, 0.6) is 11.5 Å². The molecule has 0 aliphatic rings. The normalized spacial score (nSPS) is 11.7. The third kappa shape index (κ3) is 5.73. The van der Waals surface area contributed by atoms with Gasteiger partial charge in [0.1, 0.15) is 0 Å². The van der Waals surface area contributed by atoms with Crippen LogP contribution >= 0.6 is 35.0 Å². The van der Waals surface area contributed by atoms with Crippen molar-refractivity contribution in [1.82, 2.24) is 5.32 Å². The van der Waals surface area contributed by atoms with Crippen molar-refractivity contribution in [1.29, 1.82) is 0 Å². The highest BCUT2D eigenvalue weighted by atomic mass is 35.5. The van der Waals surface area contributed by atoms with Gasteiger partial charge in [0, 0.05) is 5.75 Å². The summed E-state index contributed by atoms with van der Waals surface area (Å²) in [5.74, 6) is 2.32. The Morgan fingerprint density at radius 3 is 2.46 bits per heavy atom. The number of methoxy groups -OCH3 is 2. The Morgan fingerprint density at radius 1 is 1.08 bits per heavy atom. The molecule has 0 aliphatic carbocycles. The lowest BCUT2D eigenvalue weighted by Crippen LogP contribution is -2.28. The summed E-state index contributed by atoms with van der Waals surface area (Å²) in [5.41, 5.74) is 1.98. The van der Waals surface area contributed by atoms with Gasteiger partial charge >= 0.3 is 0 Å². The number of halogens is 2. The van der Waals surface area contributed by atoms with Gasteiger partial charge in [-0.05, 0) is 42.3 Å². The summed E-state index contributed by atoms with van der Waals surface area (Å²) < 4.78 is 10.5. The van der Waals surface area contributed by atoms with Crippen molar-refractivity contribution in [3.05, 3.63) is 57.6 Å². The maximum atomic E-state index is 12.2. The van der Waals surface area contributed by atoms with Crippen LogP contribution in [0.2, 0.25) is 10.0 Å². The average molecular weight is 414 g/mol. The van der Waals surface area contributed by atoms with Gasteiger partial charge < -0.3 is 14.8 Å². The molecule has 4 nitrogen and oxygen atoms in total. The van der Waals surface area contributed by atoms with Gasteiger partial charge in [0.2, 0.25) is 5.91 Å². The molecule has 0 heterocycles. The topological polar surface area (TPSA) is 47.6 Å². The summed E-state index contributed by atoms with van der Waals surface area (Å²) in [7, 11) is 3.18. The van der Waals surface area contributed by atoms with Gasteiger partial charge in [0.25, 0.3) is 0 Å². The zero-order chi connectivity index (χ0) is 19.1. The van der Waals surface area contributed by atoms with E-state index in [1.807, 2.05) is 37.3 Å². The van der Waals surface area contributed by atoms with Crippen LogP contribution in [0.3, 0.4) is 0 Å². The monoisotopic (exact) mass is 413 g/mol. The second-order valence-electron chi connectivity index (χ2n) is 5.64. The number of amides is 1. The van der Waals surface area contributed by atoms with Crippen LogP contribution < -0.4 is 14.8 Å². The van der Waals surface area contributed by atoms with Gasteiger partial charge in [-0.1, -0.05) is 35.3 Å². The highest BCUT2D eigenvalue weighted by Crippen LogP contribution is 2.30. The third-order valence-corrected chi connectivity index (χ3v) is 5.51. The van der Waals surface area contributed by atoms with E-state index in [0.29, 0.717) is 33.0 Å². The molecule has 2 aromatic carbocycles. The van der Waals surface area contributed by atoms with Gasteiger partial charge in [-0.2, -0.15) is 0 Å². The van der Waals surface area contributed by atoms with Crippen molar-refractivity contribution in [3.8, 4) is 11.5 Å². The first-order valence-electron chi connectivity index (χ1n) is 7.97. The third-order valence-electron chi connectivity index (χ3n) is 3.77. The lowest BCUT2D eigenvalue weighted by atomic mass is 10.1. The molecule has 0 radical (unpaired) electrons. The Kier molecular flexibility index (Phi) is 7.94. The number of nitrogens with one attached hydrogen (secondary N) is 1. The minimum Gasteiger partial charge on any atom is -0.493 e. The molecule has 26 heavy (non-hydrogen) atoms. The van der Waals surface area contributed by atoms with Gasteiger partial charge in [-0.3, -0.25) is 4.79 Å². The van der Waals surface area contributed by atoms with Crippen LogP contribution in [0, 0.1) is 0 Å². The molecule has 140 valence electrons. The second kappa shape index (κ2) is 9.95. The summed E-state index contributed by atoms with van der Waals surface area (Å²) in [6.45, 7) is 1.93. The van der Waals surface area contributed by atoms with E-state index in [1.54, 1.807) is 20.3 Å². The van der Waals surface area contributed by atoms with Crippen molar-refractivity contribution in [2.24, 2.45) is 0 Å². The summed E-state index contributed by atoms with van der Waals surface area (Å²) in [5, 5.41) is 4.04. The fraction of sp³-hybridized carbons (Fsp3) is 0.316. The van der Waals surface area contributed by atoms with E-state index >= 15 is 0 Å². The molecule has 0 fully saturated rings. The molecule has 0 bridgehead atoms. The Hall–Kier alpha value is -1.56. The fourth-order valence-electron chi connectivity index (χ4n) is 2.38.